The van der Waals surface area contributed by atoms with E-state index in [1.807, 2.05) is 25.1 Å². The standard InChI is InChI=1S/C14H20ClNO2/c1-9(2)16(8-11(4)14(17)18)13-7-12(15)6-5-10(13)3/h5-7,9,11H,8H2,1-4H3,(H,17,18). The van der Waals surface area contributed by atoms with E-state index in [2.05, 4.69) is 18.7 Å². The Balaban J connectivity index is 3.04. The number of carbonyl (C=O) groups is 1. The maximum absolute atomic E-state index is 11.0. The lowest BCUT2D eigenvalue weighted by Gasteiger charge is -2.32. The molecule has 0 radical (unpaired) electrons. The molecule has 0 aliphatic heterocycles. The van der Waals surface area contributed by atoms with Gasteiger partial charge in [-0.15, -0.1) is 0 Å². The molecule has 0 heterocycles. The zero-order chi connectivity index (χ0) is 13.9. The van der Waals surface area contributed by atoms with E-state index in [1.165, 1.54) is 0 Å². The summed E-state index contributed by atoms with van der Waals surface area (Å²) in [5, 5.41) is 9.70. The van der Waals surface area contributed by atoms with Gasteiger partial charge in [-0.2, -0.15) is 0 Å². The van der Waals surface area contributed by atoms with Gasteiger partial charge >= 0.3 is 5.97 Å². The van der Waals surface area contributed by atoms with Crippen LogP contribution in [0.25, 0.3) is 0 Å². The molecule has 18 heavy (non-hydrogen) atoms. The first kappa shape index (κ1) is 14.8. The van der Waals surface area contributed by atoms with E-state index in [0.717, 1.165) is 11.3 Å². The Labute approximate surface area is 113 Å². The first-order valence-electron chi connectivity index (χ1n) is 6.08. The van der Waals surface area contributed by atoms with E-state index < -0.39 is 11.9 Å². The highest BCUT2D eigenvalue weighted by Gasteiger charge is 2.20. The van der Waals surface area contributed by atoms with Crippen LogP contribution in [0, 0.1) is 12.8 Å². The number of halogens is 1. The molecule has 1 aromatic rings. The molecule has 0 aromatic heterocycles. The zero-order valence-corrected chi connectivity index (χ0v) is 12.0. The van der Waals surface area contributed by atoms with Crippen molar-refractivity contribution in [2.75, 3.05) is 11.4 Å². The van der Waals surface area contributed by atoms with Gasteiger partial charge in [-0.3, -0.25) is 4.79 Å². The van der Waals surface area contributed by atoms with Crippen LogP contribution in [0.1, 0.15) is 26.3 Å². The molecule has 1 N–H and O–H groups in total. The number of rotatable bonds is 5. The van der Waals surface area contributed by atoms with E-state index in [9.17, 15) is 4.79 Å². The molecule has 100 valence electrons. The average molecular weight is 270 g/mol. The molecule has 0 amide bonds. The van der Waals surface area contributed by atoms with Crippen molar-refractivity contribution in [3.8, 4) is 0 Å². The molecule has 0 aliphatic rings. The Morgan fingerprint density at radius 1 is 1.39 bits per heavy atom. The van der Waals surface area contributed by atoms with E-state index in [-0.39, 0.29) is 6.04 Å². The number of hydrogen-bond acceptors (Lipinski definition) is 2. The minimum atomic E-state index is -0.777. The van der Waals surface area contributed by atoms with Gasteiger partial charge in [0.1, 0.15) is 0 Å². The summed E-state index contributed by atoms with van der Waals surface area (Å²) in [5.74, 6) is -1.19. The molecule has 1 atom stereocenters. The zero-order valence-electron chi connectivity index (χ0n) is 11.3. The van der Waals surface area contributed by atoms with Gasteiger partial charge in [0.25, 0.3) is 0 Å². The molecular weight excluding hydrogens is 250 g/mol. The van der Waals surface area contributed by atoms with Crippen LogP contribution >= 0.6 is 11.6 Å². The predicted molar refractivity (Wildman–Crippen MR) is 75.5 cm³/mol. The van der Waals surface area contributed by atoms with Crippen LogP contribution in [-0.2, 0) is 4.79 Å². The van der Waals surface area contributed by atoms with Gasteiger partial charge in [0.2, 0.25) is 0 Å². The van der Waals surface area contributed by atoms with Crippen molar-refractivity contribution in [1.29, 1.82) is 0 Å². The molecular formula is C14H20ClNO2. The summed E-state index contributed by atoms with van der Waals surface area (Å²) < 4.78 is 0. The molecule has 0 saturated heterocycles. The number of benzene rings is 1. The van der Waals surface area contributed by atoms with Gasteiger partial charge in [-0.1, -0.05) is 24.6 Å². The van der Waals surface area contributed by atoms with Crippen molar-refractivity contribution in [3.63, 3.8) is 0 Å². The third-order valence-electron chi connectivity index (χ3n) is 3.00. The highest BCUT2D eigenvalue weighted by molar-refractivity contribution is 6.30. The summed E-state index contributed by atoms with van der Waals surface area (Å²) in [4.78, 5) is 13.1. The summed E-state index contributed by atoms with van der Waals surface area (Å²) in [6.45, 7) is 8.31. The average Bonchev–Trinajstić information content (AvgIpc) is 2.28. The van der Waals surface area contributed by atoms with E-state index in [4.69, 9.17) is 16.7 Å². The van der Waals surface area contributed by atoms with Crippen LogP contribution in [0.5, 0.6) is 0 Å². The number of carboxylic acids is 1. The highest BCUT2D eigenvalue weighted by atomic mass is 35.5. The van der Waals surface area contributed by atoms with Gasteiger partial charge in [-0.05, 0) is 38.5 Å². The Morgan fingerprint density at radius 2 is 2.00 bits per heavy atom. The first-order chi connectivity index (χ1) is 8.32. The summed E-state index contributed by atoms with van der Waals surface area (Å²) in [6, 6.07) is 5.92. The fourth-order valence-corrected chi connectivity index (χ4v) is 2.02. The Bertz CT molecular complexity index is 432. The topological polar surface area (TPSA) is 40.5 Å². The fourth-order valence-electron chi connectivity index (χ4n) is 1.85. The lowest BCUT2D eigenvalue weighted by Crippen LogP contribution is -2.37. The van der Waals surface area contributed by atoms with Crippen LogP contribution < -0.4 is 4.90 Å². The normalized spacial score (nSPS) is 12.6. The number of nitrogens with zero attached hydrogens (tertiary/aromatic N) is 1. The number of hydrogen-bond donors (Lipinski definition) is 1. The molecule has 1 rings (SSSR count). The molecule has 4 heteroatoms. The third-order valence-corrected chi connectivity index (χ3v) is 3.23. The summed E-state index contributed by atoms with van der Waals surface area (Å²) in [5.41, 5.74) is 2.11. The van der Waals surface area contributed by atoms with Crippen LogP contribution in [0.2, 0.25) is 5.02 Å². The van der Waals surface area contributed by atoms with Crippen molar-refractivity contribution < 1.29 is 9.90 Å². The monoisotopic (exact) mass is 269 g/mol. The molecule has 1 unspecified atom stereocenters. The van der Waals surface area contributed by atoms with Crippen molar-refractivity contribution in [2.24, 2.45) is 5.92 Å². The molecule has 0 fully saturated rings. The van der Waals surface area contributed by atoms with Crippen molar-refractivity contribution in [2.45, 2.75) is 33.7 Å². The summed E-state index contributed by atoms with van der Waals surface area (Å²) in [7, 11) is 0. The second-order valence-electron chi connectivity index (χ2n) is 4.92. The Morgan fingerprint density at radius 3 is 2.50 bits per heavy atom. The second kappa shape index (κ2) is 6.10. The minimum absolute atomic E-state index is 0.226. The maximum Gasteiger partial charge on any atom is 0.308 e. The van der Waals surface area contributed by atoms with Gasteiger partial charge in [-0.25, -0.2) is 0 Å². The van der Waals surface area contributed by atoms with E-state index >= 15 is 0 Å². The molecule has 0 bridgehead atoms. The molecule has 0 spiro atoms. The van der Waals surface area contributed by atoms with E-state index in [1.54, 1.807) is 6.92 Å². The minimum Gasteiger partial charge on any atom is -0.481 e. The lowest BCUT2D eigenvalue weighted by molar-refractivity contribution is -0.140. The van der Waals surface area contributed by atoms with E-state index in [0.29, 0.717) is 11.6 Å². The van der Waals surface area contributed by atoms with Crippen LogP contribution in [0.15, 0.2) is 18.2 Å². The largest absolute Gasteiger partial charge is 0.481 e. The number of anilines is 1. The van der Waals surface area contributed by atoms with Gasteiger partial charge in [0, 0.05) is 23.3 Å². The molecule has 0 aliphatic carbocycles. The number of aliphatic carboxylic acids is 1. The smallest absolute Gasteiger partial charge is 0.308 e. The predicted octanol–water partition coefficient (Wildman–Crippen LogP) is 3.58. The molecule has 1 aromatic carbocycles. The lowest BCUT2D eigenvalue weighted by atomic mass is 10.1. The second-order valence-corrected chi connectivity index (χ2v) is 5.35. The number of carboxylic acid groups (broad SMARTS) is 1. The number of aryl methyl sites for hydroxylation is 1. The Hall–Kier alpha value is -1.22. The Kier molecular flexibility index (Phi) is 5.03. The maximum atomic E-state index is 11.0. The highest BCUT2D eigenvalue weighted by Crippen LogP contribution is 2.26. The first-order valence-corrected chi connectivity index (χ1v) is 6.46. The van der Waals surface area contributed by atoms with Crippen molar-refractivity contribution >= 4 is 23.3 Å². The molecule has 3 nitrogen and oxygen atoms in total. The van der Waals surface area contributed by atoms with Gasteiger partial charge in [0.15, 0.2) is 0 Å². The summed E-state index contributed by atoms with van der Waals surface area (Å²) in [6.07, 6.45) is 0. The van der Waals surface area contributed by atoms with Crippen molar-refractivity contribution in [3.05, 3.63) is 28.8 Å². The fraction of sp³-hybridized carbons (Fsp3) is 0.500. The SMILES string of the molecule is Cc1ccc(Cl)cc1N(CC(C)C(=O)O)C(C)C. The van der Waals surface area contributed by atoms with Crippen LogP contribution in [0.4, 0.5) is 5.69 Å². The van der Waals surface area contributed by atoms with Gasteiger partial charge < -0.3 is 10.0 Å². The quantitative estimate of drug-likeness (QED) is 0.888. The van der Waals surface area contributed by atoms with Crippen molar-refractivity contribution in [1.82, 2.24) is 0 Å². The molecule has 0 saturated carbocycles. The summed E-state index contributed by atoms with van der Waals surface area (Å²) >= 11 is 6.02. The van der Waals surface area contributed by atoms with Gasteiger partial charge in [0.05, 0.1) is 5.92 Å². The van der Waals surface area contributed by atoms with Crippen LogP contribution in [-0.4, -0.2) is 23.7 Å². The van der Waals surface area contributed by atoms with Crippen LogP contribution in [0.3, 0.4) is 0 Å². The third kappa shape index (κ3) is 3.64.